The number of hydrogen-bond donors (Lipinski definition) is 1. The molecule has 0 unspecified atom stereocenters. The Morgan fingerprint density at radius 2 is 1.97 bits per heavy atom. The lowest BCUT2D eigenvalue weighted by Gasteiger charge is -2.08. The number of methoxy groups -OCH3 is 2. The van der Waals surface area contributed by atoms with E-state index in [1.54, 1.807) is 55.8 Å². The van der Waals surface area contributed by atoms with Crippen molar-refractivity contribution < 1.29 is 14.3 Å². The van der Waals surface area contributed by atoms with Crippen molar-refractivity contribution in [3.63, 3.8) is 0 Å². The van der Waals surface area contributed by atoms with Crippen LogP contribution in [0.25, 0.3) is 0 Å². The van der Waals surface area contributed by atoms with Crippen molar-refractivity contribution in [1.82, 2.24) is 9.99 Å². The SMILES string of the molecule is COc1ccc(/C=N\NC(=O)c2cccn(Cc3cccc(Cl)c3)c2=O)c(OC)c1. The van der Waals surface area contributed by atoms with Crippen LogP contribution in [0, 0.1) is 0 Å². The van der Waals surface area contributed by atoms with Crippen molar-refractivity contribution in [2.24, 2.45) is 5.10 Å². The minimum Gasteiger partial charge on any atom is -0.497 e. The molecule has 3 rings (SSSR count). The van der Waals surface area contributed by atoms with E-state index in [1.165, 1.54) is 24.0 Å². The first-order chi connectivity index (χ1) is 14.5. The van der Waals surface area contributed by atoms with Crippen LogP contribution in [0.15, 0.2) is 70.7 Å². The van der Waals surface area contributed by atoms with E-state index in [0.29, 0.717) is 28.6 Å². The fraction of sp³-hybridized carbons (Fsp3) is 0.136. The van der Waals surface area contributed by atoms with E-state index in [4.69, 9.17) is 21.1 Å². The van der Waals surface area contributed by atoms with Crippen molar-refractivity contribution in [2.45, 2.75) is 6.54 Å². The van der Waals surface area contributed by atoms with Crippen LogP contribution in [-0.4, -0.2) is 30.9 Å². The van der Waals surface area contributed by atoms with Gasteiger partial charge < -0.3 is 14.0 Å². The molecule has 1 N–H and O–H groups in total. The molecule has 0 bridgehead atoms. The summed E-state index contributed by atoms with van der Waals surface area (Å²) in [5.41, 5.74) is 3.44. The number of ether oxygens (including phenoxy) is 2. The molecule has 0 radical (unpaired) electrons. The predicted molar refractivity (Wildman–Crippen MR) is 116 cm³/mol. The van der Waals surface area contributed by atoms with Gasteiger partial charge in [-0.2, -0.15) is 5.10 Å². The molecule has 2 aromatic carbocycles. The third-order valence-electron chi connectivity index (χ3n) is 4.32. The molecule has 8 heteroatoms. The third-order valence-corrected chi connectivity index (χ3v) is 4.55. The van der Waals surface area contributed by atoms with E-state index in [-0.39, 0.29) is 5.56 Å². The number of hydrazone groups is 1. The zero-order valence-corrected chi connectivity index (χ0v) is 17.2. The van der Waals surface area contributed by atoms with Gasteiger partial charge in [-0.05, 0) is 42.0 Å². The van der Waals surface area contributed by atoms with Gasteiger partial charge in [0.15, 0.2) is 0 Å². The van der Waals surface area contributed by atoms with Crippen LogP contribution in [-0.2, 0) is 6.54 Å². The van der Waals surface area contributed by atoms with Gasteiger partial charge in [0.25, 0.3) is 11.5 Å². The first kappa shape index (κ1) is 21.1. The summed E-state index contributed by atoms with van der Waals surface area (Å²) in [5.74, 6) is 0.567. The van der Waals surface area contributed by atoms with Crippen molar-refractivity contribution in [2.75, 3.05) is 14.2 Å². The van der Waals surface area contributed by atoms with Crippen LogP contribution in [0.1, 0.15) is 21.5 Å². The summed E-state index contributed by atoms with van der Waals surface area (Å²) >= 11 is 6.00. The monoisotopic (exact) mass is 425 g/mol. The lowest BCUT2D eigenvalue weighted by molar-refractivity contribution is 0.0953. The number of nitrogens with zero attached hydrogens (tertiary/aromatic N) is 2. The van der Waals surface area contributed by atoms with Crippen LogP contribution >= 0.6 is 11.6 Å². The Hall–Kier alpha value is -3.58. The third kappa shape index (κ3) is 5.07. The lowest BCUT2D eigenvalue weighted by Crippen LogP contribution is -2.30. The highest BCUT2D eigenvalue weighted by atomic mass is 35.5. The molecule has 1 amide bonds. The molecule has 1 aromatic heterocycles. The number of nitrogens with one attached hydrogen (secondary N) is 1. The van der Waals surface area contributed by atoms with E-state index in [0.717, 1.165) is 5.56 Å². The summed E-state index contributed by atoms with van der Waals surface area (Å²) in [5, 5.41) is 4.52. The number of benzene rings is 2. The molecule has 0 atom stereocenters. The number of amides is 1. The van der Waals surface area contributed by atoms with Crippen LogP contribution in [0.5, 0.6) is 11.5 Å². The van der Waals surface area contributed by atoms with Gasteiger partial charge in [0, 0.05) is 22.8 Å². The summed E-state index contributed by atoms with van der Waals surface area (Å²) in [4.78, 5) is 25.1. The van der Waals surface area contributed by atoms with Crippen molar-refractivity contribution in [3.05, 3.63) is 92.9 Å². The molecular weight excluding hydrogens is 406 g/mol. The van der Waals surface area contributed by atoms with Gasteiger partial charge in [0.2, 0.25) is 0 Å². The number of halogens is 1. The average Bonchev–Trinajstić information content (AvgIpc) is 2.75. The van der Waals surface area contributed by atoms with Gasteiger partial charge >= 0.3 is 0 Å². The van der Waals surface area contributed by atoms with Crippen molar-refractivity contribution in [3.8, 4) is 11.5 Å². The van der Waals surface area contributed by atoms with Crippen LogP contribution in [0.3, 0.4) is 0 Å². The number of hydrogen-bond acceptors (Lipinski definition) is 5. The molecule has 0 aliphatic rings. The van der Waals surface area contributed by atoms with Crippen LogP contribution in [0.2, 0.25) is 5.02 Å². The Labute approximate surface area is 178 Å². The number of pyridine rings is 1. The summed E-state index contributed by atoms with van der Waals surface area (Å²) in [6, 6.07) is 15.5. The maximum atomic E-state index is 12.7. The van der Waals surface area contributed by atoms with E-state index in [2.05, 4.69) is 10.5 Å². The predicted octanol–water partition coefficient (Wildman–Crippen LogP) is 3.33. The first-order valence-electron chi connectivity index (χ1n) is 9.01. The highest BCUT2D eigenvalue weighted by Gasteiger charge is 2.12. The molecule has 3 aromatic rings. The topological polar surface area (TPSA) is 81.9 Å². The van der Waals surface area contributed by atoms with Gasteiger partial charge in [-0.3, -0.25) is 9.59 Å². The van der Waals surface area contributed by atoms with Crippen molar-refractivity contribution in [1.29, 1.82) is 0 Å². The molecule has 154 valence electrons. The standard InChI is InChI=1S/C22H20ClN3O4/c1-29-18-9-8-16(20(12-18)30-2)13-24-25-21(27)19-7-4-10-26(22(19)28)14-15-5-3-6-17(23)11-15/h3-13H,14H2,1-2H3,(H,25,27)/b24-13-. The minimum atomic E-state index is -0.607. The zero-order chi connectivity index (χ0) is 21.5. The van der Waals surface area contributed by atoms with E-state index >= 15 is 0 Å². The molecule has 0 aliphatic heterocycles. The first-order valence-corrected chi connectivity index (χ1v) is 9.39. The summed E-state index contributed by atoms with van der Waals surface area (Å²) in [6.07, 6.45) is 3.05. The smallest absolute Gasteiger partial charge is 0.276 e. The maximum Gasteiger partial charge on any atom is 0.276 e. The van der Waals surface area contributed by atoms with Crippen LogP contribution < -0.4 is 20.5 Å². The molecule has 1 heterocycles. The molecular formula is C22H20ClN3O4. The summed E-state index contributed by atoms with van der Waals surface area (Å²) in [7, 11) is 3.08. The van der Waals surface area contributed by atoms with Gasteiger partial charge in [-0.15, -0.1) is 0 Å². The highest BCUT2D eigenvalue weighted by Crippen LogP contribution is 2.23. The van der Waals surface area contributed by atoms with Gasteiger partial charge in [0.1, 0.15) is 17.1 Å². The largest absolute Gasteiger partial charge is 0.497 e. The van der Waals surface area contributed by atoms with E-state index in [9.17, 15) is 9.59 Å². The van der Waals surface area contributed by atoms with E-state index in [1.807, 2.05) is 6.07 Å². The fourth-order valence-electron chi connectivity index (χ4n) is 2.81. The number of carbonyl (C=O) groups excluding carboxylic acids is 1. The molecule has 30 heavy (non-hydrogen) atoms. The second-order valence-corrected chi connectivity index (χ2v) is 6.73. The second-order valence-electron chi connectivity index (χ2n) is 6.29. The average molecular weight is 426 g/mol. The Balaban J connectivity index is 1.75. The fourth-order valence-corrected chi connectivity index (χ4v) is 3.02. The number of aromatic nitrogens is 1. The molecule has 0 spiro atoms. The minimum absolute atomic E-state index is 0.0154. The normalized spacial score (nSPS) is 10.8. The quantitative estimate of drug-likeness (QED) is 0.465. The Bertz CT molecular complexity index is 1140. The highest BCUT2D eigenvalue weighted by molar-refractivity contribution is 6.30. The molecule has 0 aliphatic carbocycles. The van der Waals surface area contributed by atoms with Crippen LogP contribution in [0.4, 0.5) is 0 Å². The zero-order valence-electron chi connectivity index (χ0n) is 16.5. The summed E-state index contributed by atoms with van der Waals surface area (Å²) in [6.45, 7) is 0.298. The van der Waals surface area contributed by atoms with Gasteiger partial charge in [-0.1, -0.05) is 23.7 Å². The Morgan fingerprint density at radius 3 is 2.70 bits per heavy atom. The van der Waals surface area contributed by atoms with Crippen molar-refractivity contribution >= 4 is 23.7 Å². The van der Waals surface area contributed by atoms with Gasteiger partial charge in [0.05, 0.1) is 27.0 Å². The summed E-state index contributed by atoms with van der Waals surface area (Å²) < 4.78 is 11.9. The molecule has 0 saturated carbocycles. The maximum absolute atomic E-state index is 12.7. The molecule has 0 saturated heterocycles. The van der Waals surface area contributed by atoms with E-state index < -0.39 is 11.5 Å². The Kier molecular flexibility index (Phi) is 6.87. The molecule has 7 nitrogen and oxygen atoms in total. The van der Waals surface area contributed by atoms with Gasteiger partial charge in [-0.25, -0.2) is 5.43 Å². The Morgan fingerprint density at radius 1 is 1.13 bits per heavy atom. The number of carbonyl (C=O) groups is 1. The number of rotatable bonds is 7. The molecule has 0 fully saturated rings. The second kappa shape index (κ2) is 9.76. The lowest BCUT2D eigenvalue weighted by atomic mass is 10.2.